The number of rotatable bonds is 42. The number of carbonyl (C=O) groups is 13. The average molecular weight is 1480 g/mol. The van der Waals surface area contributed by atoms with Crippen molar-refractivity contribution in [2.24, 2.45) is 29.0 Å². The minimum Gasteiger partial charge on any atom is -0.443 e. The molecule has 0 saturated heterocycles. The largest absolute Gasteiger partial charge is 0.443 e. The van der Waals surface area contributed by atoms with E-state index in [1.54, 1.807) is 110 Å². The normalized spacial score (nSPS) is 13.9. The molecule has 8 atom stereocenters. The fraction of sp³-hybridized carbons (Fsp3) is 0.603. The number of nitrogens with one attached hydrogen (secondary N) is 10. The number of amides is 13. The van der Waals surface area contributed by atoms with Gasteiger partial charge in [-0.2, -0.15) is 16.7 Å². The number of ether oxygens (including phenoxy) is 2. The van der Waals surface area contributed by atoms with Crippen LogP contribution in [0.2, 0.25) is 0 Å². The van der Waals surface area contributed by atoms with E-state index in [0.717, 1.165) is 5.69 Å². The second kappa shape index (κ2) is 42.7. The fourth-order valence-corrected chi connectivity index (χ4v) is 11.1. The number of halogens is 2. The summed E-state index contributed by atoms with van der Waals surface area (Å²) in [6, 6.07) is 2.93. The summed E-state index contributed by atoms with van der Waals surface area (Å²) in [6.07, 6.45) is 0.646. The lowest BCUT2D eigenvalue weighted by Gasteiger charge is -2.33. The number of H-pyrrole nitrogens is 1. The minimum absolute atomic E-state index is 0.0795. The van der Waals surface area contributed by atoms with E-state index in [9.17, 15) is 62.3 Å². The first kappa shape index (κ1) is 86.8. The van der Waals surface area contributed by atoms with Gasteiger partial charge < -0.3 is 84.4 Å². The Morgan fingerprint density at radius 2 is 1.11 bits per heavy atom. The lowest BCUT2D eigenvalue weighted by molar-refractivity contribution is -0.135. The lowest BCUT2D eigenvalue weighted by atomic mass is 10.0. The summed E-state index contributed by atoms with van der Waals surface area (Å²) in [5.41, 5.74) is 17.1. The van der Waals surface area contributed by atoms with Gasteiger partial charge in [0.1, 0.15) is 59.5 Å². The van der Waals surface area contributed by atoms with Crippen molar-refractivity contribution in [3.8, 4) is 0 Å². The lowest BCUT2D eigenvalue weighted by Crippen LogP contribution is -2.60. The van der Waals surface area contributed by atoms with Crippen LogP contribution in [0.3, 0.4) is 0 Å². The van der Waals surface area contributed by atoms with Crippen LogP contribution in [-0.2, 0) is 75.1 Å². The molecule has 3 aromatic rings. The van der Waals surface area contributed by atoms with Gasteiger partial charge in [-0.3, -0.25) is 52.7 Å². The molecule has 33 heteroatoms. The van der Waals surface area contributed by atoms with Crippen LogP contribution >= 0.6 is 35.0 Å². The van der Waals surface area contributed by atoms with E-state index < -0.39 is 169 Å². The van der Waals surface area contributed by atoms with Gasteiger partial charge in [-0.05, 0) is 147 Å². The van der Waals surface area contributed by atoms with Gasteiger partial charge in [-0.15, -0.1) is 23.2 Å². The molecule has 0 bridgehead atoms. The molecule has 0 radical (unpaired) electrons. The topological polar surface area (TPSA) is 449 Å². The Balaban J connectivity index is 2.00. The van der Waals surface area contributed by atoms with E-state index in [1.807, 2.05) is 25.0 Å². The average Bonchev–Trinajstić information content (AvgIpc) is 1.81. The highest BCUT2D eigenvalue weighted by atomic mass is 35.5. The van der Waals surface area contributed by atoms with Crippen LogP contribution in [-0.4, -0.2) is 203 Å². The number of anilines is 1. The van der Waals surface area contributed by atoms with Crippen molar-refractivity contribution in [2.75, 3.05) is 61.4 Å². The molecule has 0 saturated carbocycles. The van der Waals surface area contributed by atoms with Gasteiger partial charge >= 0.3 is 12.2 Å². The Morgan fingerprint density at radius 1 is 0.584 bits per heavy atom. The number of aromatic nitrogens is 1. The number of fused-ring (bicyclic) bond motifs is 1. The molecular weight excluding hydrogens is 1370 g/mol. The maximum absolute atomic E-state index is 14.9. The summed E-state index contributed by atoms with van der Waals surface area (Å²) in [4.78, 5) is 185. The second-order valence-electron chi connectivity index (χ2n) is 27.1. The van der Waals surface area contributed by atoms with Crippen molar-refractivity contribution in [3.05, 3.63) is 65.9 Å². The maximum atomic E-state index is 14.9. The molecule has 13 amide bonds. The molecule has 101 heavy (non-hydrogen) atoms. The van der Waals surface area contributed by atoms with Crippen LogP contribution in [0.15, 0.2) is 54.7 Å². The van der Waals surface area contributed by atoms with E-state index in [1.165, 1.54) is 18.7 Å². The van der Waals surface area contributed by atoms with Crippen molar-refractivity contribution in [1.82, 2.24) is 57.7 Å². The number of carbonyl (C=O) groups excluding carboxylic acids is 13. The summed E-state index contributed by atoms with van der Waals surface area (Å²) in [5, 5.41) is 24.0. The van der Waals surface area contributed by atoms with Gasteiger partial charge in [0.15, 0.2) is 0 Å². The number of nitrogens with two attached hydrogens (primary N) is 3. The molecular formula is C68H105Cl2N15O15S. The molecule has 0 aliphatic rings. The summed E-state index contributed by atoms with van der Waals surface area (Å²) in [6.45, 7) is 17.3. The van der Waals surface area contributed by atoms with E-state index in [4.69, 9.17) is 49.9 Å². The van der Waals surface area contributed by atoms with Crippen molar-refractivity contribution >= 4 is 129 Å². The number of unbranched alkanes of at least 4 members (excludes halogenated alkanes) is 1. The van der Waals surface area contributed by atoms with Crippen LogP contribution in [0.4, 0.5) is 15.3 Å². The molecule has 562 valence electrons. The first-order valence-electron chi connectivity index (χ1n) is 33.6. The highest BCUT2D eigenvalue weighted by Crippen LogP contribution is 2.23. The van der Waals surface area contributed by atoms with Crippen LogP contribution in [0.1, 0.15) is 132 Å². The molecule has 0 unspecified atom stereocenters. The Bertz CT molecular complexity index is 3260. The number of hydrogen-bond acceptors (Lipinski definition) is 18. The molecule has 0 spiro atoms. The highest BCUT2D eigenvalue weighted by molar-refractivity contribution is 7.98. The maximum Gasteiger partial charge on any atom is 0.420 e. The van der Waals surface area contributed by atoms with E-state index in [2.05, 4.69) is 52.8 Å². The quantitative estimate of drug-likeness (QED) is 0.0286. The Labute approximate surface area is 605 Å². The predicted molar refractivity (Wildman–Crippen MR) is 387 cm³/mol. The first-order chi connectivity index (χ1) is 47.4. The molecule has 0 aliphatic carbocycles. The number of aromatic amines is 1. The standard InChI is InChI=1S/C68H105Cl2N15O15S/c1-39(2)33-49(61(93)80-47(57(73)89)26-32-101-12)78-55(88)38-76-64(96)56(40(3)4)83-58(90)41(5)77-60(92)51(35-43-36-74-46-18-14-13-17-45(43)46)82-59(91)48(24-25-53(72)86)81-62(94)50(34-42-20-22-44(23-21-42)84(30-27-69)31-28-70)79-54(87)37-75-63(95)52(19-15-16-29-71)85(65(97)99-67(6,7)8)66(98)100-68(9,10)11/h13-14,17-18,20-23,36,39-41,47-52,56,74H,15-16,19,24-35,37-38,71H2,1-12H3,(H2,72,86)(H2,73,89)(H,75,95)(H,76,96)(H,77,92)(H,78,88)(H,79,87)(H,80,93)(H,81,94)(H,82,91)(H,83,90)/t41-,47-,48-,49-,50-,51-,52-,56-/m0/s1. The van der Waals surface area contributed by atoms with Crippen molar-refractivity contribution in [3.63, 3.8) is 0 Å². The van der Waals surface area contributed by atoms with E-state index in [0.29, 0.717) is 52.2 Å². The van der Waals surface area contributed by atoms with E-state index >= 15 is 0 Å². The Hall–Kier alpha value is -8.42. The number of alkyl halides is 2. The third kappa shape index (κ3) is 31.2. The van der Waals surface area contributed by atoms with Crippen molar-refractivity contribution in [1.29, 1.82) is 0 Å². The molecule has 0 fully saturated rings. The number of hydrogen-bond donors (Lipinski definition) is 13. The molecule has 2 aromatic carbocycles. The monoisotopic (exact) mass is 1470 g/mol. The third-order valence-electron chi connectivity index (χ3n) is 15.3. The molecule has 16 N–H and O–H groups in total. The van der Waals surface area contributed by atoms with Crippen LogP contribution < -0.4 is 70.0 Å². The molecule has 3 rings (SSSR count). The van der Waals surface area contributed by atoms with Gasteiger partial charge in [0.25, 0.3) is 0 Å². The minimum atomic E-state index is -1.65. The molecule has 0 aliphatic heterocycles. The number of para-hydroxylation sites is 1. The summed E-state index contributed by atoms with van der Waals surface area (Å²) in [7, 11) is 0. The zero-order chi connectivity index (χ0) is 75.9. The van der Waals surface area contributed by atoms with Crippen molar-refractivity contribution in [2.45, 2.75) is 193 Å². The van der Waals surface area contributed by atoms with E-state index in [-0.39, 0.29) is 62.7 Å². The molecule has 1 aromatic heterocycles. The number of primary amides is 2. The zero-order valence-electron chi connectivity index (χ0n) is 59.9. The Morgan fingerprint density at radius 3 is 1.64 bits per heavy atom. The third-order valence-corrected chi connectivity index (χ3v) is 16.3. The number of thioether (sulfide) groups is 1. The van der Waals surface area contributed by atoms with Gasteiger partial charge in [0.05, 0.1) is 13.1 Å². The number of imide groups is 1. The predicted octanol–water partition coefficient (Wildman–Crippen LogP) is 2.76. The van der Waals surface area contributed by atoms with Crippen molar-refractivity contribution < 1.29 is 71.8 Å². The number of nitrogens with zero attached hydrogens (tertiary/aromatic N) is 2. The van der Waals surface area contributed by atoms with Crippen LogP contribution in [0.5, 0.6) is 0 Å². The smallest absolute Gasteiger partial charge is 0.420 e. The zero-order valence-corrected chi connectivity index (χ0v) is 62.2. The van der Waals surface area contributed by atoms with Gasteiger partial charge in [0.2, 0.25) is 65.0 Å². The summed E-state index contributed by atoms with van der Waals surface area (Å²) < 4.78 is 11.1. The molecule has 30 nitrogen and oxygen atoms in total. The first-order valence-corrected chi connectivity index (χ1v) is 36.1. The van der Waals surface area contributed by atoms with Crippen LogP contribution in [0.25, 0.3) is 10.9 Å². The highest BCUT2D eigenvalue weighted by Gasteiger charge is 2.41. The number of benzene rings is 2. The van der Waals surface area contributed by atoms with Crippen LogP contribution in [0, 0.1) is 11.8 Å². The summed E-state index contributed by atoms with van der Waals surface area (Å²) in [5.74, 6) is -9.00. The van der Waals surface area contributed by atoms with Gasteiger partial charge in [0, 0.05) is 66.9 Å². The fourth-order valence-electron chi connectivity index (χ4n) is 10.2. The van der Waals surface area contributed by atoms with Gasteiger partial charge in [-0.1, -0.05) is 58.0 Å². The molecule has 1 heterocycles. The van der Waals surface area contributed by atoms with Gasteiger partial charge in [-0.25, -0.2) is 9.59 Å². The SMILES string of the molecule is CSCC[C@H](NC(=O)[C@H](CC(C)C)NC(=O)CNC(=O)[C@@H](NC(=O)[C@H](C)NC(=O)[C@H](Cc1c[nH]c2ccccc12)NC(=O)[C@H](CCC(N)=O)NC(=O)[C@H](Cc1ccc(N(CCCl)CCCl)cc1)NC(=O)CNC(=O)[C@H](CCCCN)N(C(=O)OC(C)(C)C)C(=O)OC(C)(C)C)C(C)C)C(N)=O. The summed E-state index contributed by atoms with van der Waals surface area (Å²) >= 11 is 13.7. The second-order valence-corrected chi connectivity index (χ2v) is 28.8. The Kier molecular flexibility index (Phi) is 36.7.